The van der Waals surface area contributed by atoms with E-state index in [4.69, 9.17) is 10.5 Å². The SMILES string of the molecule is CC(C)Oc1ccccc1C(=O)CC(C)(C)N. The quantitative estimate of drug-likeness (QED) is 0.798. The molecule has 0 unspecified atom stereocenters. The molecule has 0 radical (unpaired) electrons. The lowest BCUT2D eigenvalue weighted by Gasteiger charge is -2.19. The molecule has 0 atom stereocenters. The van der Waals surface area contributed by atoms with Crippen LogP contribution in [0.5, 0.6) is 5.75 Å². The van der Waals surface area contributed by atoms with Crippen molar-refractivity contribution < 1.29 is 9.53 Å². The summed E-state index contributed by atoms with van der Waals surface area (Å²) in [4.78, 5) is 12.1. The molecule has 3 nitrogen and oxygen atoms in total. The van der Waals surface area contributed by atoms with E-state index < -0.39 is 5.54 Å². The molecule has 0 amide bonds. The van der Waals surface area contributed by atoms with Crippen LogP contribution in [-0.4, -0.2) is 17.4 Å². The zero-order valence-corrected chi connectivity index (χ0v) is 11.0. The Morgan fingerprint density at radius 1 is 1.35 bits per heavy atom. The van der Waals surface area contributed by atoms with Gasteiger partial charge in [-0.15, -0.1) is 0 Å². The van der Waals surface area contributed by atoms with Gasteiger partial charge in [0, 0.05) is 12.0 Å². The Balaban J connectivity index is 2.93. The molecule has 0 spiro atoms. The maximum Gasteiger partial charge on any atom is 0.168 e. The number of para-hydroxylation sites is 1. The van der Waals surface area contributed by atoms with Gasteiger partial charge < -0.3 is 10.5 Å². The van der Waals surface area contributed by atoms with Crippen molar-refractivity contribution in [2.24, 2.45) is 5.73 Å². The molecule has 1 rings (SSSR count). The van der Waals surface area contributed by atoms with E-state index in [1.54, 1.807) is 6.07 Å². The lowest BCUT2D eigenvalue weighted by molar-refractivity contribution is 0.0954. The van der Waals surface area contributed by atoms with Crippen LogP contribution in [0.25, 0.3) is 0 Å². The van der Waals surface area contributed by atoms with Crippen LogP contribution >= 0.6 is 0 Å². The van der Waals surface area contributed by atoms with E-state index >= 15 is 0 Å². The van der Waals surface area contributed by atoms with Crippen molar-refractivity contribution in [3.63, 3.8) is 0 Å². The van der Waals surface area contributed by atoms with Crippen molar-refractivity contribution in [1.29, 1.82) is 0 Å². The van der Waals surface area contributed by atoms with Gasteiger partial charge >= 0.3 is 0 Å². The number of carbonyl (C=O) groups is 1. The van der Waals surface area contributed by atoms with Crippen molar-refractivity contribution in [2.45, 2.75) is 45.8 Å². The first-order chi connectivity index (χ1) is 7.79. The molecular weight excluding hydrogens is 214 g/mol. The van der Waals surface area contributed by atoms with E-state index in [1.807, 2.05) is 45.9 Å². The highest BCUT2D eigenvalue weighted by Gasteiger charge is 2.20. The van der Waals surface area contributed by atoms with Crippen molar-refractivity contribution in [1.82, 2.24) is 0 Å². The fraction of sp³-hybridized carbons (Fsp3) is 0.500. The topological polar surface area (TPSA) is 52.3 Å². The highest BCUT2D eigenvalue weighted by Crippen LogP contribution is 2.22. The fourth-order valence-corrected chi connectivity index (χ4v) is 1.56. The molecule has 3 heteroatoms. The van der Waals surface area contributed by atoms with Crippen molar-refractivity contribution in [3.05, 3.63) is 29.8 Å². The molecule has 0 saturated carbocycles. The number of hydrogen-bond acceptors (Lipinski definition) is 3. The van der Waals surface area contributed by atoms with E-state index in [-0.39, 0.29) is 11.9 Å². The number of rotatable bonds is 5. The van der Waals surface area contributed by atoms with E-state index in [0.717, 1.165) is 0 Å². The standard InChI is InChI=1S/C14H21NO2/c1-10(2)17-13-8-6-5-7-11(13)12(16)9-14(3,4)15/h5-8,10H,9,15H2,1-4H3. The molecule has 2 N–H and O–H groups in total. The largest absolute Gasteiger partial charge is 0.490 e. The fourth-order valence-electron chi connectivity index (χ4n) is 1.56. The third-order valence-corrected chi connectivity index (χ3v) is 2.17. The second-order valence-corrected chi connectivity index (χ2v) is 5.25. The van der Waals surface area contributed by atoms with Gasteiger partial charge in [0.2, 0.25) is 0 Å². The third kappa shape index (κ3) is 4.57. The first-order valence-electron chi connectivity index (χ1n) is 5.87. The Labute approximate surface area is 103 Å². The van der Waals surface area contributed by atoms with Crippen molar-refractivity contribution in [2.75, 3.05) is 0 Å². The maximum absolute atomic E-state index is 12.1. The highest BCUT2D eigenvalue weighted by molar-refractivity contribution is 5.99. The zero-order chi connectivity index (χ0) is 13.1. The molecule has 0 aliphatic rings. The Morgan fingerprint density at radius 2 is 1.94 bits per heavy atom. The number of Topliss-reactive ketones (excluding diaryl/α,β-unsaturated/α-hetero) is 1. The Kier molecular flexibility index (Phi) is 4.29. The Bertz CT molecular complexity index is 391. The van der Waals surface area contributed by atoms with Crippen LogP contribution in [0.3, 0.4) is 0 Å². The predicted octanol–water partition coefficient (Wildman–Crippen LogP) is 2.78. The van der Waals surface area contributed by atoms with Crippen LogP contribution in [-0.2, 0) is 0 Å². The second kappa shape index (κ2) is 5.32. The minimum absolute atomic E-state index is 0.0220. The number of ether oxygens (including phenoxy) is 1. The monoisotopic (exact) mass is 235 g/mol. The van der Waals surface area contributed by atoms with E-state index in [9.17, 15) is 4.79 Å². The van der Waals surface area contributed by atoms with Crippen LogP contribution < -0.4 is 10.5 Å². The van der Waals surface area contributed by atoms with Gasteiger partial charge in [0.1, 0.15) is 5.75 Å². The Morgan fingerprint density at radius 3 is 2.47 bits per heavy atom. The molecule has 0 aliphatic heterocycles. The molecule has 0 aliphatic carbocycles. The molecule has 1 aromatic rings. The molecular formula is C14H21NO2. The van der Waals surface area contributed by atoms with Gasteiger partial charge in [-0.05, 0) is 39.8 Å². The summed E-state index contributed by atoms with van der Waals surface area (Å²) in [5.41, 5.74) is 5.98. The molecule has 0 aromatic heterocycles. The van der Waals surface area contributed by atoms with Gasteiger partial charge in [0.05, 0.1) is 11.7 Å². The molecule has 1 aromatic carbocycles. The summed E-state index contributed by atoms with van der Waals surface area (Å²) < 4.78 is 5.62. The molecule has 0 heterocycles. The van der Waals surface area contributed by atoms with Gasteiger partial charge in [-0.25, -0.2) is 0 Å². The third-order valence-electron chi connectivity index (χ3n) is 2.17. The summed E-state index contributed by atoms with van der Waals surface area (Å²) in [6, 6.07) is 7.30. The molecule has 0 bridgehead atoms. The van der Waals surface area contributed by atoms with Crippen LogP contribution in [0.15, 0.2) is 24.3 Å². The van der Waals surface area contributed by atoms with Crippen LogP contribution in [0.1, 0.15) is 44.5 Å². The van der Waals surface area contributed by atoms with Crippen LogP contribution in [0, 0.1) is 0 Å². The predicted molar refractivity (Wildman–Crippen MR) is 69.4 cm³/mol. The summed E-state index contributed by atoms with van der Waals surface area (Å²) >= 11 is 0. The number of carbonyl (C=O) groups excluding carboxylic acids is 1. The van der Waals surface area contributed by atoms with Gasteiger partial charge in [-0.1, -0.05) is 12.1 Å². The lowest BCUT2D eigenvalue weighted by atomic mass is 9.95. The number of nitrogens with two attached hydrogens (primary N) is 1. The van der Waals surface area contributed by atoms with Crippen LogP contribution in [0.2, 0.25) is 0 Å². The minimum Gasteiger partial charge on any atom is -0.490 e. The zero-order valence-electron chi connectivity index (χ0n) is 11.0. The number of hydrogen-bond donors (Lipinski definition) is 1. The van der Waals surface area contributed by atoms with Crippen molar-refractivity contribution in [3.8, 4) is 5.75 Å². The summed E-state index contributed by atoms with van der Waals surface area (Å²) in [6.07, 6.45) is 0.362. The number of benzene rings is 1. The summed E-state index contributed by atoms with van der Waals surface area (Å²) in [5.74, 6) is 0.658. The highest BCUT2D eigenvalue weighted by atomic mass is 16.5. The van der Waals surface area contributed by atoms with Crippen LogP contribution in [0.4, 0.5) is 0 Å². The lowest BCUT2D eigenvalue weighted by Crippen LogP contribution is -2.34. The average Bonchev–Trinajstić information content (AvgIpc) is 2.14. The van der Waals surface area contributed by atoms with Gasteiger partial charge in [0.25, 0.3) is 0 Å². The Hall–Kier alpha value is -1.35. The van der Waals surface area contributed by atoms with Gasteiger partial charge in [-0.3, -0.25) is 4.79 Å². The smallest absolute Gasteiger partial charge is 0.168 e. The summed E-state index contributed by atoms with van der Waals surface area (Å²) in [6.45, 7) is 7.57. The molecule has 0 saturated heterocycles. The molecule has 17 heavy (non-hydrogen) atoms. The first kappa shape index (κ1) is 13.7. The summed E-state index contributed by atoms with van der Waals surface area (Å²) in [5, 5.41) is 0. The number of ketones is 1. The van der Waals surface area contributed by atoms with E-state index in [0.29, 0.717) is 17.7 Å². The summed E-state index contributed by atoms with van der Waals surface area (Å²) in [7, 11) is 0. The minimum atomic E-state index is -0.498. The van der Waals surface area contributed by atoms with Gasteiger partial charge in [0.15, 0.2) is 5.78 Å². The van der Waals surface area contributed by atoms with Crippen molar-refractivity contribution >= 4 is 5.78 Å². The normalized spacial score (nSPS) is 11.6. The molecule has 94 valence electrons. The molecule has 0 fully saturated rings. The van der Waals surface area contributed by atoms with E-state index in [2.05, 4.69) is 0 Å². The van der Waals surface area contributed by atoms with Gasteiger partial charge in [-0.2, -0.15) is 0 Å². The maximum atomic E-state index is 12.1. The second-order valence-electron chi connectivity index (χ2n) is 5.25. The average molecular weight is 235 g/mol. The first-order valence-corrected chi connectivity index (χ1v) is 5.87. The van der Waals surface area contributed by atoms with E-state index in [1.165, 1.54) is 0 Å².